The Labute approximate surface area is 185 Å². The molecule has 3 amide bonds. The molecule has 0 aromatic heterocycles. The highest BCUT2D eigenvalue weighted by Crippen LogP contribution is 2.34. The minimum absolute atomic E-state index is 0.170. The number of hydrazine groups is 1. The van der Waals surface area contributed by atoms with Gasteiger partial charge in [0, 0.05) is 19.7 Å². The summed E-state index contributed by atoms with van der Waals surface area (Å²) in [6.45, 7) is 0. The molecule has 7 nitrogen and oxygen atoms in total. The second kappa shape index (κ2) is 8.43. The molecule has 2 aromatic carbocycles. The van der Waals surface area contributed by atoms with Crippen LogP contribution in [0.3, 0.4) is 0 Å². The van der Waals surface area contributed by atoms with Gasteiger partial charge in [-0.05, 0) is 43.2 Å². The highest BCUT2D eigenvalue weighted by atomic mass is 35.5. The lowest BCUT2D eigenvalue weighted by molar-refractivity contribution is -0.139. The first-order chi connectivity index (χ1) is 14.9. The van der Waals surface area contributed by atoms with Crippen LogP contribution in [0.25, 0.3) is 0 Å². The summed E-state index contributed by atoms with van der Waals surface area (Å²) in [5, 5.41) is 4.66. The Kier molecular flexibility index (Phi) is 5.69. The molecule has 0 saturated carbocycles. The number of nitrogens with zero attached hydrogens (tertiary/aromatic N) is 2. The number of nitrogens with one attached hydrogen (secondary N) is 2. The third-order valence-corrected chi connectivity index (χ3v) is 5.88. The van der Waals surface area contributed by atoms with E-state index < -0.39 is 0 Å². The Hall–Kier alpha value is -3.32. The molecule has 1 aliphatic heterocycles. The van der Waals surface area contributed by atoms with Gasteiger partial charge in [0.05, 0.1) is 33.9 Å². The van der Waals surface area contributed by atoms with Crippen LogP contribution in [0.1, 0.15) is 23.2 Å². The third-order valence-electron chi connectivity index (χ3n) is 5.58. The lowest BCUT2D eigenvalue weighted by Gasteiger charge is -2.38. The number of amides is 3. The summed E-state index contributed by atoms with van der Waals surface area (Å²) in [6.07, 6.45) is 4.97. The fraction of sp³-hybridized carbons (Fsp3) is 0.261. The van der Waals surface area contributed by atoms with Crippen LogP contribution in [0.15, 0.2) is 54.6 Å². The highest BCUT2D eigenvalue weighted by molar-refractivity contribution is 6.34. The summed E-state index contributed by atoms with van der Waals surface area (Å²) in [7, 11) is 3.69. The van der Waals surface area contributed by atoms with Crippen LogP contribution >= 0.6 is 11.6 Å². The van der Waals surface area contributed by atoms with Gasteiger partial charge in [-0.2, -0.15) is 0 Å². The van der Waals surface area contributed by atoms with E-state index in [9.17, 15) is 14.4 Å². The highest BCUT2D eigenvalue weighted by Gasteiger charge is 2.42. The molecule has 2 unspecified atom stereocenters. The minimum Gasteiger partial charge on any atom is -0.375 e. The van der Waals surface area contributed by atoms with Gasteiger partial charge in [0.25, 0.3) is 5.91 Å². The van der Waals surface area contributed by atoms with Crippen molar-refractivity contribution in [2.45, 2.75) is 12.8 Å². The molecule has 0 bridgehead atoms. The lowest BCUT2D eigenvalue weighted by Crippen LogP contribution is -2.59. The average Bonchev–Trinajstić information content (AvgIpc) is 2.76. The van der Waals surface area contributed by atoms with Crippen molar-refractivity contribution in [3.05, 3.63) is 65.2 Å². The molecule has 2 atom stereocenters. The standard InChI is InChI=1S/C23H23ClN4O3/c1-27(2)20-18(24)11-6-12-19(20)25-21(29)14-7-5-8-15(13-14)28-23(31)17-10-4-3-9-16(17)22(30)26-28/h3-8,11-13,16-17H,9-10H2,1-2H3,(H,25,29)(H,26,30). The number of hydrogen-bond acceptors (Lipinski definition) is 4. The number of halogens is 1. The lowest BCUT2D eigenvalue weighted by atomic mass is 9.80. The molecule has 160 valence electrons. The van der Waals surface area contributed by atoms with E-state index >= 15 is 0 Å². The Morgan fingerprint density at radius 1 is 1.10 bits per heavy atom. The largest absolute Gasteiger partial charge is 0.375 e. The number of hydrogen-bond donors (Lipinski definition) is 2. The summed E-state index contributed by atoms with van der Waals surface area (Å²) in [5.41, 5.74) is 4.76. The van der Waals surface area contributed by atoms with E-state index in [1.165, 1.54) is 5.01 Å². The molecular weight excluding hydrogens is 416 g/mol. The second-order valence-electron chi connectivity index (χ2n) is 7.84. The predicted octanol–water partition coefficient (Wildman–Crippen LogP) is 3.62. The number of carbonyl (C=O) groups is 3. The zero-order valence-electron chi connectivity index (χ0n) is 17.3. The minimum atomic E-state index is -0.384. The maximum atomic E-state index is 13.0. The molecule has 1 aliphatic carbocycles. The Bertz CT molecular complexity index is 1080. The van der Waals surface area contributed by atoms with Crippen LogP contribution in [-0.2, 0) is 9.59 Å². The van der Waals surface area contributed by atoms with Gasteiger partial charge < -0.3 is 10.2 Å². The van der Waals surface area contributed by atoms with Crippen LogP contribution in [0.2, 0.25) is 5.02 Å². The second-order valence-corrected chi connectivity index (χ2v) is 8.25. The van der Waals surface area contributed by atoms with Crippen molar-refractivity contribution >= 4 is 46.4 Å². The van der Waals surface area contributed by atoms with Crippen molar-refractivity contribution in [3.63, 3.8) is 0 Å². The van der Waals surface area contributed by atoms with E-state index in [2.05, 4.69) is 10.7 Å². The number of anilines is 3. The molecule has 2 aromatic rings. The molecule has 0 radical (unpaired) electrons. The Morgan fingerprint density at radius 2 is 1.81 bits per heavy atom. The maximum Gasteiger partial charge on any atom is 0.255 e. The summed E-state index contributed by atoms with van der Waals surface area (Å²) in [6, 6.07) is 11.9. The molecule has 4 rings (SSSR count). The third kappa shape index (κ3) is 4.01. The van der Waals surface area contributed by atoms with E-state index in [1.807, 2.05) is 31.1 Å². The van der Waals surface area contributed by atoms with Crippen LogP contribution < -0.4 is 20.7 Å². The quantitative estimate of drug-likeness (QED) is 0.714. The monoisotopic (exact) mass is 438 g/mol. The van der Waals surface area contributed by atoms with Gasteiger partial charge in [-0.1, -0.05) is 35.9 Å². The predicted molar refractivity (Wildman–Crippen MR) is 121 cm³/mol. The molecule has 31 heavy (non-hydrogen) atoms. The van der Waals surface area contributed by atoms with E-state index in [1.54, 1.807) is 42.5 Å². The topological polar surface area (TPSA) is 81.8 Å². The van der Waals surface area contributed by atoms with Crippen molar-refractivity contribution < 1.29 is 14.4 Å². The van der Waals surface area contributed by atoms with Gasteiger partial charge in [-0.25, -0.2) is 5.01 Å². The molecule has 1 fully saturated rings. The van der Waals surface area contributed by atoms with E-state index in [0.717, 1.165) is 0 Å². The molecule has 1 saturated heterocycles. The smallest absolute Gasteiger partial charge is 0.255 e. The molecule has 2 aliphatic rings. The Morgan fingerprint density at radius 3 is 2.55 bits per heavy atom. The van der Waals surface area contributed by atoms with Gasteiger partial charge in [0.15, 0.2) is 0 Å². The van der Waals surface area contributed by atoms with Crippen LogP contribution in [-0.4, -0.2) is 31.8 Å². The van der Waals surface area contributed by atoms with E-state index in [0.29, 0.717) is 40.5 Å². The number of allylic oxidation sites excluding steroid dienone is 2. The van der Waals surface area contributed by atoms with Gasteiger partial charge in [0.2, 0.25) is 11.8 Å². The number of carbonyl (C=O) groups excluding carboxylic acids is 3. The first kappa shape index (κ1) is 20.9. The fourth-order valence-corrected chi connectivity index (χ4v) is 4.38. The molecule has 0 spiro atoms. The average molecular weight is 439 g/mol. The number of para-hydroxylation sites is 1. The number of benzene rings is 2. The first-order valence-corrected chi connectivity index (χ1v) is 10.4. The fourth-order valence-electron chi connectivity index (χ4n) is 4.03. The summed E-state index contributed by atoms with van der Waals surface area (Å²) in [5.74, 6) is -1.42. The maximum absolute atomic E-state index is 13.0. The summed E-state index contributed by atoms with van der Waals surface area (Å²) >= 11 is 6.28. The van der Waals surface area contributed by atoms with Gasteiger partial charge in [0.1, 0.15) is 0 Å². The molecule has 8 heteroatoms. The van der Waals surface area contributed by atoms with Gasteiger partial charge in [-0.15, -0.1) is 0 Å². The van der Waals surface area contributed by atoms with Gasteiger partial charge in [-0.3, -0.25) is 19.8 Å². The molecule has 2 N–H and O–H groups in total. The summed E-state index contributed by atoms with van der Waals surface area (Å²) in [4.78, 5) is 40.3. The van der Waals surface area contributed by atoms with E-state index in [4.69, 9.17) is 11.6 Å². The zero-order chi connectivity index (χ0) is 22.1. The van der Waals surface area contributed by atoms with Crippen molar-refractivity contribution in [2.75, 3.05) is 29.3 Å². The van der Waals surface area contributed by atoms with Crippen molar-refractivity contribution in [2.24, 2.45) is 11.8 Å². The number of rotatable bonds is 4. The molecular formula is C23H23ClN4O3. The SMILES string of the molecule is CN(C)c1c(Cl)cccc1NC(=O)c1cccc(N2NC(=O)C3CC=CCC3C2=O)c1. The molecule has 1 heterocycles. The van der Waals surface area contributed by atoms with Crippen LogP contribution in [0.5, 0.6) is 0 Å². The Balaban J connectivity index is 1.59. The van der Waals surface area contributed by atoms with Crippen molar-refractivity contribution in [1.82, 2.24) is 5.43 Å². The first-order valence-electron chi connectivity index (χ1n) is 10.0. The normalized spacial score (nSPS) is 20.2. The van der Waals surface area contributed by atoms with Gasteiger partial charge >= 0.3 is 0 Å². The van der Waals surface area contributed by atoms with Crippen molar-refractivity contribution in [1.29, 1.82) is 0 Å². The van der Waals surface area contributed by atoms with Crippen LogP contribution in [0, 0.1) is 11.8 Å². The summed E-state index contributed by atoms with van der Waals surface area (Å²) < 4.78 is 0. The zero-order valence-corrected chi connectivity index (χ0v) is 18.0. The van der Waals surface area contributed by atoms with Crippen LogP contribution in [0.4, 0.5) is 17.1 Å². The van der Waals surface area contributed by atoms with E-state index in [-0.39, 0.29) is 29.6 Å². The van der Waals surface area contributed by atoms with Crippen molar-refractivity contribution in [3.8, 4) is 0 Å². The number of fused-ring (bicyclic) bond motifs is 1.